The number of Topliss-reactive ketones (excluding diaryl/α,β-unsaturated/α-hetero) is 1. The molecule has 0 saturated carbocycles. The summed E-state index contributed by atoms with van der Waals surface area (Å²) in [4.78, 5) is 12.2. The normalized spacial score (nSPS) is 11.5. The molecule has 0 heterocycles. The Labute approximate surface area is 115 Å². The third kappa shape index (κ3) is 3.80. The molecule has 0 aliphatic carbocycles. The Morgan fingerprint density at radius 1 is 1.21 bits per heavy atom. The second kappa shape index (κ2) is 6.20. The van der Waals surface area contributed by atoms with Gasteiger partial charge in [0.05, 0.1) is 13.7 Å². The number of aryl methyl sites for hydroxylation is 1. The van der Waals surface area contributed by atoms with Crippen LogP contribution < -0.4 is 4.74 Å². The van der Waals surface area contributed by atoms with Gasteiger partial charge in [-0.3, -0.25) is 4.79 Å². The van der Waals surface area contributed by atoms with Gasteiger partial charge >= 0.3 is 0 Å². The lowest BCUT2D eigenvalue weighted by Crippen LogP contribution is -2.15. The van der Waals surface area contributed by atoms with Gasteiger partial charge in [-0.25, -0.2) is 0 Å². The van der Waals surface area contributed by atoms with Gasteiger partial charge in [0, 0.05) is 24.7 Å². The quantitative estimate of drug-likeness (QED) is 0.763. The molecule has 0 N–H and O–H groups in total. The van der Waals surface area contributed by atoms with Crippen LogP contribution in [0.2, 0.25) is 0 Å². The first kappa shape index (κ1) is 15.7. The van der Waals surface area contributed by atoms with Crippen molar-refractivity contribution in [3.05, 3.63) is 28.8 Å². The van der Waals surface area contributed by atoms with Gasteiger partial charge in [0.25, 0.3) is 0 Å². The second-order valence-corrected chi connectivity index (χ2v) is 5.78. The summed E-state index contributed by atoms with van der Waals surface area (Å²) in [7, 11) is 3.27. The van der Waals surface area contributed by atoms with Gasteiger partial charge < -0.3 is 9.47 Å². The summed E-state index contributed by atoms with van der Waals surface area (Å²) in [5.41, 5.74) is 2.71. The minimum Gasteiger partial charge on any atom is -0.496 e. The molecule has 0 spiro atoms. The predicted molar refractivity (Wildman–Crippen MR) is 77.3 cm³/mol. The minimum absolute atomic E-state index is 0.0602. The number of carbonyl (C=O) groups excluding carboxylic acids is 1. The smallest absolute Gasteiger partial charge is 0.165 e. The number of hydrogen-bond acceptors (Lipinski definition) is 3. The monoisotopic (exact) mass is 264 g/mol. The fourth-order valence-corrected chi connectivity index (χ4v) is 2.07. The van der Waals surface area contributed by atoms with Gasteiger partial charge in [0.2, 0.25) is 0 Å². The molecule has 19 heavy (non-hydrogen) atoms. The Kier molecular flexibility index (Phi) is 5.12. The topological polar surface area (TPSA) is 35.5 Å². The van der Waals surface area contributed by atoms with E-state index in [1.54, 1.807) is 14.2 Å². The number of ether oxygens (including phenoxy) is 2. The van der Waals surface area contributed by atoms with Gasteiger partial charge in [0.1, 0.15) is 5.75 Å². The van der Waals surface area contributed by atoms with Crippen LogP contribution in [0.5, 0.6) is 5.75 Å². The van der Waals surface area contributed by atoms with Crippen LogP contribution in [0, 0.1) is 6.92 Å². The Balaban J connectivity index is 3.24. The van der Waals surface area contributed by atoms with Crippen molar-refractivity contribution in [3.8, 4) is 5.75 Å². The maximum Gasteiger partial charge on any atom is 0.165 e. The Hall–Kier alpha value is -1.35. The third-order valence-electron chi connectivity index (χ3n) is 3.19. The summed E-state index contributed by atoms with van der Waals surface area (Å²) in [6.45, 7) is 8.74. The molecule has 0 aromatic heterocycles. The van der Waals surface area contributed by atoms with E-state index in [1.165, 1.54) is 0 Å². The molecule has 0 fully saturated rings. The summed E-state index contributed by atoms with van der Waals surface area (Å²) >= 11 is 0. The molecule has 0 atom stereocenters. The SMILES string of the molecule is COCCC(=O)c1cc(C(C)(C)C)c(OC)cc1C. The van der Waals surface area contributed by atoms with Crippen molar-refractivity contribution >= 4 is 5.78 Å². The highest BCUT2D eigenvalue weighted by atomic mass is 16.5. The lowest BCUT2D eigenvalue weighted by atomic mass is 9.83. The first-order chi connectivity index (χ1) is 8.81. The molecular weight excluding hydrogens is 240 g/mol. The molecule has 106 valence electrons. The van der Waals surface area contributed by atoms with Crippen molar-refractivity contribution < 1.29 is 14.3 Å². The fraction of sp³-hybridized carbons (Fsp3) is 0.562. The molecule has 1 rings (SSSR count). The summed E-state index contributed by atoms with van der Waals surface area (Å²) in [6.07, 6.45) is 0.410. The summed E-state index contributed by atoms with van der Waals surface area (Å²) in [6, 6.07) is 3.91. The summed E-state index contributed by atoms with van der Waals surface area (Å²) < 4.78 is 10.4. The standard InChI is InChI=1S/C16H24O3/c1-11-9-15(19-6)13(16(2,3)4)10-12(11)14(17)7-8-18-5/h9-10H,7-8H2,1-6H3. The third-order valence-corrected chi connectivity index (χ3v) is 3.19. The Bertz CT molecular complexity index is 456. The second-order valence-electron chi connectivity index (χ2n) is 5.78. The maximum absolute atomic E-state index is 12.2. The Morgan fingerprint density at radius 3 is 2.32 bits per heavy atom. The molecule has 0 bridgehead atoms. The number of rotatable bonds is 5. The minimum atomic E-state index is -0.0602. The van der Waals surface area contributed by atoms with Crippen LogP contribution in [0.3, 0.4) is 0 Å². The highest BCUT2D eigenvalue weighted by Crippen LogP contribution is 2.33. The molecule has 3 heteroatoms. The van der Waals surface area contributed by atoms with Crippen LogP contribution in [-0.2, 0) is 10.2 Å². The molecular formula is C16H24O3. The van der Waals surface area contributed by atoms with E-state index in [4.69, 9.17) is 9.47 Å². The molecule has 0 amide bonds. The largest absolute Gasteiger partial charge is 0.496 e. The lowest BCUT2D eigenvalue weighted by Gasteiger charge is -2.23. The van der Waals surface area contributed by atoms with Crippen molar-refractivity contribution in [2.24, 2.45) is 0 Å². The van der Waals surface area contributed by atoms with E-state index in [-0.39, 0.29) is 11.2 Å². The zero-order valence-corrected chi connectivity index (χ0v) is 12.8. The molecule has 3 nitrogen and oxygen atoms in total. The van der Waals surface area contributed by atoms with E-state index in [2.05, 4.69) is 20.8 Å². The van der Waals surface area contributed by atoms with Crippen molar-refractivity contribution in [1.82, 2.24) is 0 Å². The fourth-order valence-electron chi connectivity index (χ4n) is 2.07. The average molecular weight is 264 g/mol. The number of benzene rings is 1. The van der Waals surface area contributed by atoms with Crippen molar-refractivity contribution in [3.63, 3.8) is 0 Å². The van der Waals surface area contributed by atoms with Crippen molar-refractivity contribution in [1.29, 1.82) is 0 Å². The maximum atomic E-state index is 12.2. The first-order valence-corrected chi connectivity index (χ1v) is 6.52. The van der Waals surface area contributed by atoms with Crippen LogP contribution in [0.1, 0.15) is 48.7 Å². The molecule has 1 aromatic carbocycles. The van der Waals surface area contributed by atoms with Gasteiger partial charge in [-0.1, -0.05) is 20.8 Å². The van der Waals surface area contributed by atoms with Crippen LogP contribution in [0.15, 0.2) is 12.1 Å². The molecule has 0 saturated heterocycles. The number of carbonyl (C=O) groups is 1. The van der Waals surface area contributed by atoms with Crippen molar-refractivity contribution in [2.75, 3.05) is 20.8 Å². The van der Waals surface area contributed by atoms with Crippen LogP contribution in [0.25, 0.3) is 0 Å². The predicted octanol–water partition coefficient (Wildman–Crippen LogP) is 3.52. The van der Waals surface area contributed by atoms with E-state index < -0.39 is 0 Å². The van der Waals surface area contributed by atoms with Gasteiger partial charge in [0.15, 0.2) is 5.78 Å². The highest BCUT2D eigenvalue weighted by molar-refractivity contribution is 5.98. The van der Waals surface area contributed by atoms with Crippen LogP contribution in [0.4, 0.5) is 0 Å². The molecule has 0 unspecified atom stereocenters. The van der Waals surface area contributed by atoms with E-state index in [1.807, 2.05) is 19.1 Å². The number of ketones is 1. The van der Waals surface area contributed by atoms with Gasteiger partial charge in [-0.15, -0.1) is 0 Å². The van der Waals surface area contributed by atoms with Crippen LogP contribution in [-0.4, -0.2) is 26.6 Å². The molecule has 0 aliphatic heterocycles. The summed E-state index contributed by atoms with van der Waals surface area (Å²) in [5.74, 6) is 0.959. The number of methoxy groups -OCH3 is 2. The van der Waals surface area contributed by atoms with E-state index in [9.17, 15) is 4.79 Å². The highest BCUT2D eigenvalue weighted by Gasteiger charge is 2.22. The summed E-state index contributed by atoms with van der Waals surface area (Å²) in [5, 5.41) is 0. The first-order valence-electron chi connectivity index (χ1n) is 6.52. The Morgan fingerprint density at radius 2 is 1.84 bits per heavy atom. The average Bonchev–Trinajstić information content (AvgIpc) is 2.33. The van der Waals surface area contributed by atoms with Crippen LogP contribution >= 0.6 is 0 Å². The number of hydrogen-bond donors (Lipinski definition) is 0. The lowest BCUT2D eigenvalue weighted by molar-refractivity contribution is 0.0931. The molecule has 1 aromatic rings. The molecule has 0 aliphatic rings. The van der Waals surface area contributed by atoms with Gasteiger partial charge in [-0.05, 0) is 30.0 Å². The zero-order valence-electron chi connectivity index (χ0n) is 12.8. The van der Waals surface area contributed by atoms with E-state index in [0.717, 1.165) is 22.4 Å². The van der Waals surface area contributed by atoms with E-state index >= 15 is 0 Å². The van der Waals surface area contributed by atoms with E-state index in [0.29, 0.717) is 13.0 Å². The zero-order chi connectivity index (χ0) is 14.6. The van der Waals surface area contributed by atoms with Gasteiger partial charge in [-0.2, -0.15) is 0 Å². The molecule has 0 radical (unpaired) electrons. The van der Waals surface area contributed by atoms with Crippen molar-refractivity contribution in [2.45, 2.75) is 39.5 Å².